The average Bonchev–Trinajstić information content (AvgIpc) is 3.23. The second-order valence-corrected chi connectivity index (χ2v) is 9.06. The zero-order valence-corrected chi connectivity index (χ0v) is 19.0. The number of benzene rings is 2. The van der Waals surface area contributed by atoms with Crippen molar-refractivity contribution >= 4 is 22.9 Å². The minimum Gasteiger partial charge on any atom is -0.379 e. The van der Waals surface area contributed by atoms with Gasteiger partial charge in [0.2, 0.25) is 5.91 Å². The zero-order valence-electron chi connectivity index (χ0n) is 18.1. The predicted molar refractivity (Wildman–Crippen MR) is 127 cm³/mol. The summed E-state index contributed by atoms with van der Waals surface area (Å²) in [7, 11) is 0. The predicted octanol–water partition coefficient (Wildman–Crippen LogP) is 4.95. The number of para-hydroxylation sites is 1. The molecule has 0 atom stereocenters. The highest BCUT2D eigenvalue weighted by Crippen LogP contribution is 2.26. The molecule has 1 fully saturated rings. The van der Waals surface area contributed by atoms with Gasteiger partial charge in [-0.25, -0.2) is 4.98 Å². The average molecular weight is 436 g/mol. The number of hydrogen-bond donors (Lipinski definition) is 1. The van der Waals surface area contributed by atoms with Crippen molar-refractivity contribution in [1.29, 1.82) is 0 Å². The molecule has 2 aromatic carbocycles. The molecule has 4 rings (SSSR count). The molecule has 0 aliphatic carbocycles. The molecule has 0 unspecified atom stereocenters. The first-order valence-corrected chi connectivity index (χ1v) is 11.7. The molecule has 5 nitrogen and oxygen atoms in total. The van der Waals surface area contributed by atoms with Gasteiger partial charge in [0.25, 0.3) is 0 Å². The van der Waals surface area contributed by atoms with Crippen LogP contribution in [0.4, 0.5) is 5.69 Å². The summed E-state index contributed by atoms with van der Waals surface area (Å²) in [6, 6.07) is 16.5. The van der Waals surface area contributed by atoms with E-state index < -0.39 is 0 Å². The third-order valence-electron chi connectivity index (χ3n) is 5.43. The Hall–Kier alpha value is -2.54. The van der Waals surface area contributed by atoms with E-state index in [-0.39, 0.29) is 12.3 Å². The normalized spacial score (nSPS) is 14.7. The van der Waals surface area contributed by atoms with Crippen LogP contribution in [0.5, 0.6) is 0 Å². The number of morpholine rings is 1. The Bertz CT molecular complexity index is 1020. The molecule has 0 bridgehead atoms. The molecular weight excluding hydrogens is 406 g/mol. The van der Waals surface area contributed by atoms with Crippen LogP contribution >= 0.6 is 11.3 Å². The van der Waals surface area contributed by atoms with E-state index in [9.17, 15) is 4.79 Å². The Morgan fingerprint density at radius 2 is 1.97 bits per heavy atom. The molecule has 162 valence electrons. The Balaban J connectivity index is 1.40. The largest absolute Gasteiger partial charge is 0.379 e. The zero-order chi connectivity index (χ0) is 21.6. The van der Waals surface area contributed by atoms with Crippen molar-refractivity contribution in [2.45, 2.75) is 32.7 Å². The molecule has 3 aromatic rings. The summed E-state index contributed by atoms with van der Waals surface area (Å²) in [5, 5.41) is 5.99. The monoisotopic (exact) mass is 435 g/mol. The summed E-state index contributed by atoms with van der Waals surface area (Å²) in [4.78, 5) is 19.8. The molecule has 1 N–H and O–H groups in total. The molecule has 1 aliphatic rings. The van der Waals surface area contributed by atoms with Crippen LogP contribution in [0.25, 0.3) is 10.6 Å². The number of hydrogen-bond acceptors (Lipinski definition) is 5. The smallest absolute Gasteiger partial charge is 0.230 e. The molecule has 1 aliphatic heterocycles. The van der Waals surface area contributed by atoms with Crippen LogP contribution in [0.15, 0.2) is 53.9 Å². The lowest BCUT2D eigenvalue weighted by Crippen LogP contribution is -2.35. The molecule has 1 aromatic heterocycles. The van der Waals surface area contributed by atoms with Gasteiger partial charge in [-0.2, -0.15) is 0 Å². The van der Waals surface area contributed by atoms with E-state index in [2.05, 4.69) is 54.4 Å². The molecule has 31 heavy (non-hydrogen) atoms. The lowest BCUT2D eigenvalue weighted by molar-refractivity contribution is -0.115. The minimum atomic E-state index is -0.0361. The van der Waals surface area contributed by atoms with Crippen LogP contribution in [-0.2, 0) is 22.5 Å². The topological polar surface area (TPSA) is 54.5 Å². The number of rotatable bonds is 7. The molecule has 6 heteroatoms. The number of nitrogens with one attached hydrogen (secondary N) is 1. The first kappa shape index (κ1) is 21.7. The summed E-state index contributed by atoms with van der Waals surface area (Å²) >= 11 is 1.59. The molecule has 2 heterocycles. The van der Waals surface area contributed by atoms with Crippen LogP contribution in [0.1, 0.15) is 36.6 Å². The fraction of sp³-hybridized carbons (Fsp3) is 0.360. The van der Waals surface area contributed by atoms with E-state index in [1.54, 1.807) is 11.3 Å². The SMILES string of the molecule is CC(C)c1ccccc1NC(=O)Cc1csc(-c2cccc(CN3CCOCC3)c2)n1. The first-order valence-electron chi connectivity index (χ1n) is 10.8. The summed E-state index contributed by atoms with van der Waals surface area (Å²) in [5.74, 6) is 0.318. The van der Waals surface area contributed by atoms with E-state index >= 15 is 0 Å². The highest BCUT2D eigenvalue weighted by molar-refractivity contribution is 7.13. The summed E-state index contributed by atoms with van der Waals surface area (Å²) in [5.41, 5.74) is 5.21. The number of carbonyl (C=O) groups is 1. The summed E-state index contributed by atoms with van der Waals surface area (Å²) in [6.45, 7) is 8.74. The summed E-state index contributed by atoms with van der Waals surface area (Å²) in [6.07, 6.45) is 0.274. The second-order valence-electron chi connectivity index (χ2n) is 8.20. The Kier molecular flexibility index (Phi) is 7.12. The number of amides is 1. The van der Waals surface area contributed by atoms with Gasteiger partial charge in [0.15, 0.2) is 0 Å². The fourth-order valence-electron chi connectivity index (χ4n) is 3.81. The van der Waals surface area contributed by atoms with Crippen LogP contribution in [0.2, 0.25) is 0 Å². The number of anilines is 1. The van der Waals surface area contributed by atoms with Crippen molar-refractivity contribution in [3.8, 4) is 10.6 Å². The van der Waals surface area contributed by atoms with Gasteiger partial charge in [-0.1, -0.05) is 50.2 Å². The van der Waals surface area contributed by atoms with Gasteiger partial charge in [0.1, 0.15) is 5.01 Å². The van der Waals surface area contributed by atoms with Crippen molar-refractivity contribution in [3.63, 3.8) is 0 Å². The molecular formula is C25H29N3O2S. The molecule has 0 saturated carbocycles. The maximum Gasteiger partial charge on any atom is 0.230 e. The minimum absolute atomic E-state index is 0.0361. The van der Waals surface area contributed by atoms with Gasteiger partial charge in [0.05, 0.1) is 25.3 Å². The third kappa shape index (κ3) is 5.79. The van der Waals surface area contributed by atoms with E-state index in [0.29, 0.717) is 5.92 Å². The maximum atomic E-state index is 12.6. The van der Waals surface area contributed by atoms with E-state index in [1.165, 1.54) is 5.56 Å². The number of thiazole rings is 1. The Labute approximate surface area is 188 Å². The quantitative estimate of drug-likeness (QED) is 0.571. The van der Waals surface area contributed by atoms with E-state index in [4.69, 9.17) is 9.72 Å². The van der Waals surface area contributed by atoms with E-state index in [0.717, 1.165) is 60.4 Å². The van der Waals surface area contributed by atoms with Crippen molar-refractivity contribution in [3.05, 3.63) is 70.7 Å². The van der Waals surface area contributed by atoms with Gasteiger partial charge in [0, 0.05) is 36.3 Å². The van der Waals surface area contributed by atoms with Gasteiger partial charge in [-0.3, -0.25) is 9.69 Å². The van der Waals surface area contributed by atoms with Gasteiger partial charge in [-0.05, 0) is 29.2 Å². The summed E-state index contributed by atoms with van der Waals surface area (Å²) < 4.78 is 5.44. The van der Waals surface area contributed by atoms with E-state index in [1.807, 2.05) is 23.6 Å². The number of aromatic nitrogens is 1. The third-order valence-corrected chi connectivity index (χ3v) is 6.37. The maximum absolute atomic E-state index is 12.6. The molecule has 0 spiro atoms. The second kappa shape index (κ2) is 10.2. The fourth-order valence-corrected chi connectivity index (χ4v) is 4.63. The molecule has 0 radical (unpaired) electrons. The standard InChI is InChI=1S/C25H29N3O2S/c1-18(2)22-8-3-4-9-23(22)27-24(29)15-21-17-31-25(26-21)20-7-5-6-19(14-20)16-28-10-12-30-13-11-28/h3-9,14,17-18H,10-13,15-16H2,1-2H3,(H,27,29). The van der Waals surface area contributed by atoms with Crippen molar-refractivity contribution < 1.29 is 9.53 Å². The van der Waals surface area contributed by atoms with Crippen LogP contribution in [-0.4, -0.2) is 42.1 Å². The highest BCUT2D eigenvalue weighted by atomic mass is 32.1. The van der Waals surface area contributed by atoms with Crippen LogP contribution in [0, 0.1) is 0 Å². The molecule has 1 saturated heterocycles. The van der Waals surface area contributed by atoms with Crippen molar-refractivity contribution in [1.82, 2.24) is 9.88 Å². The first-order chi connectivity index (χ1) is 15.1. The van der Waals surface area contributed by atoms with Gasteiger partial charge >= 0.3 is 0 Å². The highest BCUT2D eigenvalue weighted by Gasteiger charge is 2.14. The van der Waals surface area contributed by atoms with Crippen molar-refractivity contribution in [2.24, 2.45) is 0 Å². The van der Waals surface area contributed by atoms with Crippen LogP contribution < -0.4 is 5.32 Å². The van der Waals surface area contributed by atoms with Crippen LogP contribution in [0.3, 0.4) is 0 Å². The lowest BCUT2D eigenvalue weighted by Gasteiger charge is -2.26. The Morgan fingerprint density at radius 3 is 2.77 bits per heavy atom. The van der Waals surface area contributed by atoms with Crippen molar-refractivity contribution in [2.75, 3.05) is 31.6 Å². The Morgan fingerprint density at radius 1 is 1.16 bits per heavy atom. The number of carbonyl (C=O) groups excluding carboxylic acids is 1. The lowest BCUT2D eigenvalue weighted by atomic mass is 10.0. The number of nitrogens with zero attached hydrogens (tertiary/aromatic N) is 2. The number of ether oxygens (including phenoxy) is 1. The molecule has 1 amide bonds. The van der Waals surface area contributed by atoms with Gasteiger partial charge in [-0.15, -0.1) is 11.3 Å². The van der Waals surface area contributed by atoms with Gasteiger partial charge < -0.3 is 10.1 Å².